The number of amides is 1. The van der Waals surface area contributed by atoms with Crippen LogP contribution in [0.15, 0.2) is 35.1 Å². The number of aromatic amines is 1. The van der Waals surface area contributed by atoms with Crippen LogP contribution >= 0.6 is 0 Å². The zero-order valence-electron chi connectivity index (χ0n) is 16.1. The van der Waals surface area contributed by atoms with Gasteiger partial charge in [-0.2, -0.15) is 8.78 Å². The summed E-state index contributed by atoms with van der Waals surface area (Å²) in [5.41, 5.74) is -0.862. The Labute approximate surface area is 161 Å². The van der Waals surface area contributed by atoms with Crippen LogP contribution in [0.2, 0.25) is 0 Å². The number of carbonyl (C=O) groups excluding carboxylic acids is 1. The smallest absolute Gasteiger partial charge is 0.410 e. The van der Waals surface area contributed by atoms with Crippen LogP contribution in [-0.4, -0.2) is 39.7 Å². The molecule has 0 spiro atoms. The third-order valence-corrected chi connectivity index (χ3v) is 4.44. The average Bonchev–Trinajstić information content (AvgIpc) is 2.84. The van der Waals surface area contributed by atoms with Gasteiger partial charge in [0, 0.05) is 30.6 Å². The van der Waals surface area contributed by atoms with E-state index in [0.717, 1.165) is 0 Å². The minimum absolute atomic E-state index is 0.205. The summed E-state index contributed by atoms with van der Waals surface area (Å²) in [5.74, 6) is -4.11. The number of nitrogens with zero attached hydrogens (tertiary/aromatic N) is 2. The fourth-order valence-electron chi connectivity index (χ4n) is 3.05. The molecule has 0 saturated heterocycles. The zero-order valence-corrected chi connectivity index (χ0v) is 16.1. The second-order valence-electron chi connectivity index (χ2n) is 7.75. The Morgan fingerprint density at radius 1 is 1.14 bits per heavy atom. The van der Waals surface area contributed by atoms with Gasteiger partial charge in [-0.1, -0.05) is 30.3 Å². The van der Waals surface area contributed by atoms with Crippen LogP contribution in [-0.2, 0) is 23.5 Å². The molecule has 1 aromatic heterocycles. The molecule has 0 aliphatic carbocycles. The van der Waals surface area contributed by atoms with Crippen molar-refractivity contribution < 1.29 is 18.3 Å². The molecule has 2 heterocycles. The maximum Gasteiger partial charge on any atom is 0.410 e. The normalized spacial score (nSPS) is 15.0. The maximum absolute atomic E-state index is 14.8. The van der Waals surface area contributed by atoms with Crippen molar-refractivity contribution in [2.75, 3.05) is 13.1 Å². The van der Waals surface area contributed by atoms with Crippen molar-refractivity contribution in [3.63, 3.8) is 0 Å². The molecule has 0 radical (unpaired) electrons. The van der Waals surface area contributed by atoms with Gasteiger partial charge in [0.15, 0.2) is 5.82 Å². The minimum Gasteiger partial charge on any atom is -0.444 e. The maximum atomic E-state index is 14.8. The molecule has 1 aliphatic rings. The molecule has 6 nitrogen and oxygen atoms in total. The molecule has 0 bridgehead atoms. The van der Waals surface area contributed by atoms with E-state index in [1.807, 2.05) is 0 Å². The largest absolute Gasteiger partial charge is 0.444 e. The predicted molar refractivity (Wildman–Crippen MR) is 99.5 cm³/mol. The summed E-state index contributed by atoms with van der Waals surface area (Å²) in [5, 5.41) is 0. The molecule has 0 unspecified atom stereocenters. The summed E-state index contributed by atoms with van der Waals surface area (Å²) in [6.07, 6.45) is -0.0589. The van der Waals surface area contributed by atoms with E-state index in [2.05, 4.69) is 9.97 Å². The van der Waals surface area contributed by atoms with Gasteiger partial charge in [0.2, 0.25) is 0 Å². The third kappa shape index (κ3) is 4.21. The number of H-pyrrole nitrogens is 1. The van der Waals surface area contributed by atoms with Gasteiger partial charge in [0.05, 0.1) is 5.69 Å². The second kappa shape index (κ2) is 7.33. The first-order valence-corrected chi connectivity index (χ1v) is 9.12. The number of alkyl halides is 2. The summed E-state index contributed by atoms with van der Waals surface area (Å²) in [7, 11) is 0. The van der Waals surface area contributed by atoms with Gasteiger partial charge in [-0.3, -0.25) is 4.79 Å². The minimum atomic E-state index is -3.42. The zero-order chi connectivity index (χ0) is 20.5. The Balaban J connectivity index is 1.87. The van der Waals surface area contributed by atoms with E-state index in [4.69, 9.17) is 4.74 Å². The Morgan fingerprint density at radius 3 is 2.43 bits per heavy atom. The molecule has 3 rings (SSSR count). The lowest BCUT2D eigenvalue weighted by molar-refractivity contribution is 0.0256. The Bertz CT molecular complexity index is 921. The van der Waals surface area contributed by atoms with E-state index in [1.54, 1.807) is 26.8 Å². The molecule has 1 N–H and O–H groups in total. The lowest BCUT2D eigenvalue weighted by atomic mass is 10.1. The summed E-state index contributed by atoms with van der Waals surface area (Å²) >= 11 is 0. The predicted octanol–water partition coefficient (Wildman–Crippen LogP) is 3.25. The molecule has 150 valence electrons. The number of hydrogen-bond donors (Lipinski definition) is 1. The summed E-state index contributed by atoms with van der Waals surface area (Å²) < 4.78 is 35.0. The van der Waals surface area contributed by atoms with Crippen molar-refractivity contribution in [3.8, 4) is 0 Å². The molecular weight excluding hydrogens is 368 g/mol. The molecule has 0 atom stereocenters. The number of halogens is 2. The van der Waals surface area contributed by atoms with Crippen LogP contribution in [0, 0.1) is 0 Å². The molecule has 28 heavy (non-hydrogen) atoms. The monoisotopic (exact) mass is 391 g/mol. The van der Waals surface area contributed by atoms with Gasteiger partial charge in [-0.05, 0) is 27.2 Å². The van der Waals surface area contributed by atoms with E-state index in [-0.39, 0.29) is 31.5 Å². The van der Waals surface area contributed by atoms with Crippen molar-refractivity contribution >= 4 is 6.09 Å². The van der Waals surface area contributed by atoms with Crippen molar-refractivity contribution in [2.24, 2.45) is 0 Å². The fourth-order valence-corrected chi connectivity index (χ4v) is 3.05. The fraction of sp³-hybridized carbons (Fsp3) is 0.450. The molecule has 1 aromatic carbocycles. The number of fused-ring (bicyclic) bond motifs is 1. The Morgan fingerprint density at radius 2 is 1.79 bits per heavy atom. The van der Waals surface area contributed by atoms with Crippen molar-refractivity contribution in [1.82, 2.24) is 14.9 Å². The number of nitrogens with one attached hydrogen (secondary N) is 1. The van der Waals surface area contributed by atoms with E-state index in [1.165, 1.54) is 29.2 Å². The molecular formula is C20H23F2N3O3. The summed E-state index contributed by atoms with van der Waals surface area (Å²) in [6.45, 7) is 5.81. The number of carbonyl (C=O) groups is 1. The van der Waals surface area contributed by atoms with Crippen molar-refractivity contribution in [3.05, 3.63) is 63.3 Å². The molecule has 0 fully saturated rings. The quantitative estimate of drug-likeness (QED) is 0.853. The lowest BCUT2D eigenvalue weighted by Gasteiger charge is -2.26. The van der Waals surface area contributed by atoms with Crippen LogP contribution in [0.25, 0.3) is 0 Å². The van der Waals surface area contributed by atoms with Gasteiger partial charge < -0.3 is 14.6 Å². The van der Waals surface area contributed by atoms with E-state index < -0.39 is 29.0 Å². The Kier molecular flexibility index (Phi) is 5.23. The van der Waals surface area contributed by atoms with Crippen LogP contribution in [0.4, 0.5) is 13.6 Å². The van der Waals surface area contributed by atoms with Crippen LogP contribution in [0.1, 0.15) is 43.4 Å². The first kappa shape index (κ1) is 20.0. The number of aromatic nitrogens is 2. The standard InChI is InChI=1S/C20H23F2N3O3/c1-19(2,3)28-18(27)25-11-9-14-15(10-12-25)23-17(24-16(14)26)20(21,22)13-7-5-4-6-8-13/h4-8H,9-12H2,1-3H3,(H,23,24,26). The molecule has 8 heteroatoms. The topological polar surface area (TPSA) is 75.3 Å². The highest BCUT2D eigenvalue weighted by Crippen LogP contribution is 2.33. The SMILES string of the molecule is CC(C)(C)OC(=O)N1CCc2nc(C(F)(F)c3ccccc3)[nH]c(=O)c2CC1. The van der Waals surface area contributed by atoms with Gasteiger partial charge >= 0.3 is 12.0 Å². The molecule has 0 saturated carbocycles. The number of benzene rings is 1. The number of ether oxygens (including phenoxy) is 1. The van der Waals surface area contributed by atoms with Gasteiger partial charge in [-0.15, -0.1) is 0 Å². The molecule has 2 aromatic rings. The van der Waals surface area contributed by atoms with Gasteiger partial charge in [0.1, 0.15) is 5.60 Å². The molecule has 1 aliphatic heterocycles. The molecule has 1 amide bonds. The summed E-state index contributed by atoms with van der Waals surface area (Å²) in [6, 6.07) is 7.22. The number of hydrogen-bond acceptors (Lipinski definition) is 4. The van der Waals surface area contributed by atoms with E-state index in [0.29, 0.717) is 11.3 Å². The number of rotatable bonds is 2. The first-order chi connectivity index (χ1) is 13.1. The average molecular weight is 391 g/mol. The summed E-state index contributed by atoms with van der Waals surface area (Å²) in [4.78, 5) is 32.5. The highest BCUT2D eigenvalue weighted by atomic mass is 19.3. The van der Waals surface area contributed by atoms with Crippen molar-refractivity contribution in [2.45, 2.75) is 45.1 Å². The van der Waals surface area contributed by atoms with Crippen LogP contribution < -0.4 is 5.56 Å². The lowest BCUT2D eigenvalue weighted by Crippen LogP contribution is -2.38. The van der Waals surface area contributed by atoms with Gasteiger partial charge in [0.25, 0.3) is 5.56 Å². The van der Waals surface area contributed by atoms with Gasteiger partial charge in [-0.25, -0.2) is 9.78 Å². The highest BCUT2D eigenvalue weighted by Gasteiger charge is 2.38. The first-order valence-electron chi connectivity index (χ1n) is 9.12. The van der Waals surface area contributed by atoms with Crippen molar-refractivity contribution in [1.29, 1.82) is 0 Å². The van der Waals surface area contributed by atoms with E-state index >= 15 is 0 Å². The van der Waals surface area contributed by atoms with Crippen LogP contribution in [0.5, 0.6) is 0 Å². The highest BCUT2D eigenvalue weighted by molar-refractivity contribution is 5.68. The third-order valence-electron chi connectivity index (χ3n) is 4.44. The Hall–Kier alpha value is -2.77. The van der Waals surface area contributed by atoms with E-state index in [9.17, 15) is 18.4 Å². The van der Waals surface area contributed by atoms with Crippen LogP contribution in [0.3, 0.4) is 0 Å². The second-order valence-corrected chi connectivity index (χ2v) is 7.75.